The first kappa shape index (κ1) is 17.7. The minimum absolute atomic E-state index is 0.446. The molecule has 0 amide bonds. The van der Waals surface area contributed by atoms with Crippen LogP contribution in [0.25, 0.3) is 0 Å². The van der Waals surface area contributed by atoms with Crippen LogP contribution in [0, 0.1) is 0 Å². The molecule has 0 saturated heterocycles. The summed E-state index contributed by atoms with van der Waals surface area (Å²) in [6.45, 7) is 4.90. The van der Waals surface area contributed by atoms with Gasteiger partial charge in [-0.25, -0.2) is 0 Å². The van der Waals surface area contributed by atoms with Crippen LogP contribution in [0.3, 0.4) is 0 Å². The van der Waals surface area contributed by atoms with Crippen molar-refractivity contribution in [1.29, 1.82) is 0 Å². The van der Waals surface area contributed by atoms with Crippen molar-refractivity contribution in [2.24, 2.45) is 5.73 Å². The maximum atomic E-state index is 6.12. The Morgan fingerprint density at radius 3 is 1.78 bits per heavy atom. The van der Waals surface area contributed by atoms with E-state index < -0.39 is 0 Å². The summed E-state index contributed by atoms with van der Waals surface area (Å²) in [4.78, 5) is 2.54. The van der Waals surface area contributed by atoms with Crippen LogP contribution in [-0.4, -0.2) is 17.5 Å². The number of benzene rings is 2. The van der Waals surface area contributed by atoms with Crippen LogP contribution in [-0.2, 0) is 13.1 Å². The van der Waals surface area contributed by atoms with Gasteiger partial charge in [0, 0.05) is 25.7 Å². The second-order valence-electron chi connectivity index (χ2n) is 6.26. The van der Waals surface area contributed by atoms with E-state index in [4.69, 9.17) is 5.73 Å². The summed E-state index contributed by atoms with van der Waals surface area (Å²) in [6.07, 6.45) is 5.00. The van der Waals surface area contributed by atoms with Gasteiger partial charge in [0.25, 0.3) is 0 Å². The van der Waals surface area contributed by atoms with E-state index in [1.54, 1.807) is 0 Å². The normalized spacial score (nSPS) is 12.5. The quantitative estimate of drug-likeness (QED) is 0.650. The Bertz CT molecular complexity index is 483. The van der Waals surface area contributed by atoms with E-state index >= 15 is 0 Å². The fraction of sp³-hybridized carbons (Fsp3) is 0.429. The number of rotatable bonds is 10. The smallest absolute Gasteiger partial charge is 0.0240 e. The van der Waals surface area contributed by atoms with E-state index in [1.807, 2.05) is 0 Å². The van der Waals surface area contributed by atoms with E-state index in [-0.39, 0.29) is 0 Å². The summed E-state index contributed by atoms with van der Waals surface area (Å²) in [6, 6.07) is 21.9. The monoisotopic (exact) mass is 310 g/mol. The fourth-order valence-corrected chi connectivity index (χ4v) is 3.03. The minimum atomic E-state index is 0.446. The Kier molecular flexibility index (Phi) is 7.85. The highest BCUT2D eigenvalue weighted by molar-refractivity contribution is 5.17. The van der Waals surface area contributed by atoms with Crippen molar-refractivity contribution in [3.8, 4) is 0 Å². The van der Waals surface area contributed by atoms with Crippen LogP contribution in [0.4, 0.5) is 0 Å². The molecular formula is C21H30N2. The molecule has 0 spiro atoms. The second kappa shape index (κ2) is 10.2. The van der Waals surface area contributed by atoms with Crippen molar-refractivity contribution >= 4 is 0 Å². The van der Waals surface area contributed by atoms with Gasteiger partial charge in [0.05, 0.1) is 0 Å². The lowest BCUT2D eigenvalue weighted by molar-refractivity contribution is 0.170. The SMILES string of the molecule is CCCCCC(CN)N(Cc1ccccc1)Cc1ccccc1. The molecule has 23 heavy (non-hydrogen) atoms. The Balaban J connectivity index is 2.08. The zero-order valence-electron chi connectivity index (χ0n) is 14.3. The zero-order valence-corrected chi connectivity index (χ0v) is 14.3. The summed E-state index contributed by atoms with van der Waals surface area (Å²) in [5.74, 6) is 0. The average molecular weight is 310 g/mol. The van der Waals surface area contributed by atoms with Gasteiger partial charge in [-0.1, -0.05) is 86.8 Å². The molecule has 0 radical (unpaired) electrons. The molecular weight excluding hydrogens is 280 g/mol. The Morgan fingerprint density at radius 2 is 1.35 bits per heavy atom. The Morgan fingerprint density at radius 1 is 0.826 bits per heavy atom. The first-order chi connectivity index (χ1) is 11.3. The summed E-state index contributed by atoms with van der Waals surface area (Å²) < 4.78 is 0. The standard InChI is InChI=1S/C21H30N2/c1-2-3-6-15-21(16-22)23(17-19-11-7-4-8-12-19)18-20-13-9-5-10-14-20/h4-5,7-14,21H,2-3,6,15-18,22H2,1H3. The number of unbranched alkanes of at least 4 members (excludes halogenated alkanes) is 2. The lowest BCUT2D eigenvalue weighted by atomic mass is 10.0. The first-order valence-corrected chi connectivity index (χ1v) is 8.85. The van der Waals surface area contributed by atoms with Gasteiger partial charge in [-0.2, -0.15) is 0 Å². The van der Waals surface area contributed by atoms with E-state index in [0.717, 1.165) is 19.6 Å². The highest BCUT2D eigenvalue weighted by Gasteiger charge is 2.17. The van der Waals surface area contributed by atoms with Crippen molar-refractivity contribution in [3.05, 3.63) is 71.8 Å². The van der Waals surface area contributed by atoms with Crippen LogP contribution in [0.15, 0.2) is 60.7 Å². The summed E-state index contributed by atoms with van der Waals surface area (Å²) >= 11 is 0. The van der Waals surface area contributed by atoms with Crippen LogP contribution < -0.4 is 5.73 Å². The molecule has 0 aliphatic carbocycles. The maximum absolute atomic E-state index is 6.12. The molecule has 0 aliphatic heterocycles. The molecule has 0 aliphatic rings. The molecule has 0 saturated carbocycles. The van der Waals surface area contributed by atoms with Gasteiger partial charge in [0.1, 0.15) is 0 Å². The van der Waals surface area contributed by atoms with E-state index in [9.17, 15) is 0 Å². The molecule has 1 unspecified atom stereocenters. The van der Waals surface area contributed by atoms with E-state index in [0.29, 0.717) is 6.04 Å². The van der Waals surface area contributed by atoms with Crippen LogP contribution in [0.1, 0.15) is 43.7 Å². The third-order valence-corrected chi connectivity index (χ3v) is 4.39. The van der Waals surface area contributed by atoms with Crippen molar-refractivity contribution in [1.82, 2.24) is 4.90 Å². The van der Waals surface area contributed by atoms with Crippen LogP contribution >= 0.6 is 0 Å². The van der Waals surface area contributed by atoms with Gasteiger partial charge in [-0.05, 0) is 17.5 Å². The molecule has 0 aromatic heterocycles. The molecule has 2 aromatic rings. The van der Waals surface area contributed by atoms with Crippen molar-refractivity contribution in [3.63, 3.8) is 0 Å². The summed E-state index contributed by atoms with van der Waals surface area (Å²) in [5.41, 5.74) is 8.84. The fourth-order valence-electron chi connectivity index (χ4n) is 3.03. The first-order valence-electron chi connectivity index (χ1n) is 8.85. The number of hydrogen-bond acceptors (Lipinski definition) is 2. The van der Waals surface area contributed by atoms with Crippen molar-refractivity contribution in [2.45, 2.75) is 51.7 Å². The van der Waals surface area contributed by atoms with Crippen molar-refractivity contribution in [2.75, 3.05) is 6.54 Å². The molecule has 124 valence electrons. The molecule has 1 atom stereocenters. The molecule has 0 heterocycles. The third kappa shape index (κ3) is 6.17. The lowest BCUT2D eigenvalue weighted by Gasteiger charge is -2.31. The third-order valence-electron chi connectivity index (χ3n) is 4.39. The predicted octanol–water partition coefficient (Wildman–Crippen LogP) is 4.60. The Labute approximate surface area is 141 Å². The maximum Gasteiger partial charge on any atom is 0.0240 e. The highest BCUT2D eigenvalue weighted by atomic mass is 15.2. The molecule has 0 fully saturated rings. The lowest BCUT2D eigenvalue weighted by Crippen LogP contribution is -2.39. The zero-order chi connectivity index (χ0) is 16.3. The highest BCUT2D eigenvalue weighted by Crippen LogP contribution is 2.17. The van der Waals surface area contributed by atoms with Gasteiger partial charge in [-0.3, -0.25) is 4.90 Å². The number of nitrogens with two attached hydrogens (primary N) is 1. The number of nitrogens with zero attached hydrogens (tertiary/aromatic N) is 1. The summed E-state index contributed by atoms with van der Waals surface area (Å²) in [5, 5.41) is 0. The largest absolute Gasteiger partial charge is 0.329 e. The van der Waals surface area contributed by atoms with Crippen LogP contribution in [0.2, 0.25) is 0 Å². The Hall–Kier alpha value is -1.64. The van der Waals surface area contributed by atoms with E-state index in [1.165, 1.54) is 36.8 Å². The van der Waals surface area contributed by atoms with Gasteiger partial charge in [0.15, 0.2) is 0 Å². The van der Waals surface area contributed by atoms with Gasteiger partial charge < -0.3 is 5.73 Å². The predicted molar refractivity (Wildman–Crippen MR) is 99.1 cm³/mol. The van der Waals surface area contributed by atoms with Gasteiger partial charge >= 0.3 is 0 Å². The van der Waals surface area contributed by atoms with Gasteiger partial charge in [0.2, 0.25) is 0 Å². The molecule has 2 aromatic carbocycles. The molecule has 2 rings (SSSR count). The molecule has 0 bridgehead atoms. The number of hydrogen-bond donors (Lipinski definition) is 1. The second-order valence-corrected chi connectivity index (χ2v) is 6.26. The van der Waals surface area contributed by atoms with Crippen LogP contribution in [0.5, 0.6) is 0 Å². The average Bonchev–Trinajstić information content (AvgIpc) is 2.60. The molecule has 2 N–H and O–H groups in total. The topological polar surface area (TPSA) is 29.3 Å². The van der Waals surface area contributed by atoms with Crippen molar-refractivity contribution < 1.29 is 0 Å². The van der Waals surface area contributed by atoms with Gasteiger partial charge in [-0.15, -0.1) is 0 Å². The minimum Gasteiger partial charge on any atom is -0.329 e. The van der Waals surface area contributed by atoms with E-state index in [2.05, 4.69) is 72.5 Å². The molecule has 2 nitrogen and oxygen atoms in total. The summed E-state index contributed by atoms with van der Waals surface area (Å²) in [7, 11) is 0. The molecule has 2 heteroatoms.